The molecule has 112 valence electrons. The summed E-state index contributed by atoms with van der Waals surface area (Å²) in [4.78, 5) is 13.3. The third-order valence-corrected chi connectivity index (χ3v) is 5.35. The summed E-state index contributed by atoms with van der Waals surface area (Å²) in [6, 6.07) is 3.79. The number of methoxy groups -OCH3 is 1. The van der Waals surface area contributed by atoms with Crippen LogP contribution in [0.25, 0.3) is 0 Å². The second-order valence-electron chi connectivity index (χ2n) is 5.81. The molecule has 1 amide bonds. The fraction of sp³-hybridized carbons (Fsp3) is 0.667. The summed E-state index contributed by atoms with van der Waals surface area (Å²) >= 11 is 1.50. The average Bonchev–Trinajstić information content (AvgIpc) is 2.90. The molecule has 1 unspecified atom stereocenters. The summed E-state index contributed by atoms with van der Waals surface area (Å²) in [6.07, 6.45) is 3.70. The first kappa shape index (κ1) is 15.5. The van der Waals surface area contributed by atoms with Crippen molar-refractivity contribution in [1.29, 1.82) is 0 Å². The predicted octanol–water partition coefficient (Wildman–Crippen LogP) is 2.28. The second-order valence-corrected chi connectivity index (χ2v) is 6.76. The van der Waals surface area contributed by atoms with Crippen LogP contribution in [0.3, 0.4) is 0 Å². The van der Waals surface area contributed by atoms with Crippen LogP contribution in [0, 0.1) is 5.41 Å². The zero-order valence-corrected chi connectivity index (χ0v) is 13.0. The first-order chi connectivity index (χ1) is 9.50. The Kier molecular flexibility index (Phi) is 4.83. The number of carbonyl (C=O) groups is 1. The standard InChI is InChI=1S/C15H23NO3S/c1-14(18,12-5-3-10-20-12)11-16-13(17)15(6-4-7-15)8-9-19-2/h3,5,10,18H,4,6-9,11H2,1-2H3,(H,16,17). The summed E-state index contributed by atoms with van der Waals surface area (Å²) in [7, 11) is 1.66. The van der Waals surface area contributed by atoms with E-state index in [1.165, 1.54) is 11.3 Å². The Balaban J connectivity index is 1.91. The Morgan fingerprint density at radius 3 is 2.85 bits per heavy atom. The molecule has 1 aromatic heterocycles. The zero-order chi connectivity index (χ0) is 14.6. The lowest BCUT2D eigenvalue weighted by Crippen LogP contribution is -2.49. The van der Waals surface area contributed by atoms with Crippen molar-refractivity contribution in [2.75, 3.05) is 20.3 Å². The molecule has 1 fully saturated rings. The highest BCUT2D eigenvalue weighted by atomic mass is 32.1. The molecule has 0 radical (unpaired) electrons. The Morgan fingerprint density at radius 1 is 1.60 bits per heavy atom. The Bertz CT molecular complexity index is 438. The Hall–Kier alpha value is -0.910. The van der Waals surface area contributed by atoms with Crippen LogP contribution in [0.5, 0.6) is 0 Å². The van der Waals surface area contributed by atoms with Crippen molar-refractivity contribution in [1.82, 2.24) is 5.32 Å². The van der Waals surface area contributed by atoms with Gasteiger partial charge in [-0.25, -0.2) is 0 Å². The van der Waals surface area contributed by atoms with Crippen LogP contribution >= 0.6 is 11.3 Å². The number of ether oxygens (including phenoxy) is 1. The molecule has 20 heavy (non-hydrogen) atoms. The number of rotatable bonds is 7. The van der Waals surface area contributed by atoms with Crippen LogP contribution in [0.2, 0.25) is 0 Å². The molecule has 1 aromatic rings. The van der Waals surface area contributed by atoms with Crippen molar-refractivity contribution < 1.29 is 14.6 Å². The minimum atomic E-state index is -1.00. The molecule has 1 aliphatic rings. The van der Waals surface area contributed by atoms with Crippen molar-refractivity contribution in [3.05, 3.63) is 22.4 Å². The van der Waals surface area contributed by atoms with Gasteiger partial charge in [0.25, 0.3) is 0 Å². The SMILES string of the molecule is COCCC1(C(=O)NCC(C)(O)c2cccs2)CCC1. The highest BCUT2D eigenvalue weighted by molar-refractivity contribution is 7.10. The number of thiophene rings is 1. The number of carbonyl (C=O) groups excluding carboxylic acids is 1. The summed E-state index contributed by atoms with van der Waals surface area (Å²) in [6.45, 7) is 2.59. The maximum absolute atomic E-state index is 12.4. The quantitative estimate of drug-likeness (QED) is 0.812. The van der Waals surface area contributed by atoms with Gasteiger partial charge in [-0.2, -0.15) is 0 Å². The zero-order valence-electron chi connectivity index (χ0n) is 12.1. The van der Waals surface area contributed by atoms with E-state index < -0.39 is 5.60 Å². The highest BCUT2D eigenvalue weighted by Gasteiger charge is 2.44. The first-order valence-corrected chi connectivity index (χ1v) is 7.92. The van der Waals surface area contributed by atoms with Gasteiger partial charge in [-0.1, -0.05) is 12.5 Å². The van der Waals surface area contributed by atoms with Gasteiger partial charge < -0.3 is 15.2 Å². The number of hydrogen-bond acceptors (Lipinski definition) is 4. The molecule has 0 aliphatic heterocycles. The van der Waals surface area contributed by atoms with Crippen molar-refractivity contribution >= 4 is 17.2 Å². The van der Waals surface area contributed by atoms with E-state index in [-0.39, 0.29) is 17.9 Å². The smallest absolute Gasteiger partial charge is 0.226 e. The largest absolute Gasteiger partial charge is 0.385 e. The van der Waals surface area contributed by atoms with Gasteiger partial charge >= 0.3 is 0 Å². The van der Waals surface area contributed by atoms with Gasteiger partial charge in [0.05, 0.1) is 12.0 Å². The number of amides is 1. The monoisotopic (exact) mass is 297 g/mol. The third kappa shape index (κ3) is 3.22. The normalized spacial score (nSPS) is 19.9. The lowest BCUT2D eigenvalue weighted by Gasteiger charge is -2.40. The van der Waals surface area contributed by atoms with Gasteiger partial charge in [-0.3, -0.25) is 4.79 Å². The van der Waals surface area contributed by atoms with Crippen LogP contribution < -0.4 is 5.32 Å². The molecule has 1 aliphatic carbocycles. The van der Waals surface area contributed by atoms with Crippen molar-refractivity contribution in [2.45, 2.75) is 38.2 Å². The van der Waals surface area contributed by atoms with Gasteiger partial charge in [0, 0.05) is 18.6 Å². The van der Waals surface area contributed by atoms with Crippen LogP contribution in [0.15, 0.2) is 17.5 Å². The molecular formula is C15H23NO3S. The fourth-order valence-electron chi connectivity index (χ4n) is 2.60. The lowest BCUT2D eigenvalue weighted by atomic mass is 9.66. The van der Waals surface area contributed by atoms with Crippen LogP contribution in [-0.4, -0.2) is 31.3 Å². The summed E-state index contributed by atoms with van der Waals surface area (Å²) in [5.74, 6) is 0.0534. The maximum atomic E-state index is 12.4. The number of aliphatic hydroxyl groups is 1. The summed E-state index contributed by atoms with van der Waals surface area (Å²) < 4.78 is 5.10. The van der Waals surface area contributed by atoms with E-state index in [0.29, 0.717) is 6.61 Å². The van der Waals surface area contributed by atoms with Gasteiger partial charge in [-0.05, 0) is 37.6 Å². The third-order valence-electron chi connectivity index (χ3n) is 4.22. The van der Waals surface area contributed by atoms with Crippen molar-refractivity contribution in [3.8, 4) is 0 Å². The van der Waals surface area contributed by atoms with Gasteiger partial charge in [0.15, 0.2) is 0 Å². The predicted molar refractivity (Wildman–Crippen MR) is 79.7 cm³/mol. The van der Waals surface area contributed by atoms with Crippen LogP contribution in [0.1, 0.15) is 37.5 Å². The van der Waals surface area contributed by atoms with E-state index in [9.17, 15) is 9.90 Å². The van der Waals surface area contributed by atoms with Gasteiger partial charge in [0.1, 0.15) is 5.60 Å². The highest BCUT2D eigenvalue weighted by Crippen LogP contribution is 2.44. The molecular weight excluding hydrogens is 274 g/mol. The molecule has 0 bridgehead atoms. The van der Waals surface area contributed by atoms with Crippen molar-refractivity contribution in [2.24, 2.45) is 5.41 Å². The fourth-order valence-corrected chi connectivity index (χ4v) is 3.39. The van der Waals surface area contributed by atoms with E-state index in [1.54, 1.807) is 14.0 Å². The molecule has 2 N–H and O–H groups in total. The molecule has 1 saturated carbocycles. The van der Waals surface area contributed by atoms with Gasteiger partial charge in [0.2, 0.25) is 5.91 Å². The summed E-state index contributed by atoms with van der Waals surface area (Å²) in [5, 5.41) is 15.3. The molecule has 0 aromatic carbocycles. The number of nitrogens with one attached hydrogen (secondary N) is 1. The van der Waals surface area contributed by atoms with Gasteiger partial charge in [-0.15, -0.1) is 11.3 Å². The van der Waals surface area contributed by atoms with Crippen molar-refractivity contribution in [3.63, 3.8) is 0 Å². The minimum absolute atomic E-state index is 0.0534. The van der Waals surface area contributed by atoms with Crippen LogP contribution in [-0.2, 0) is 15.1 Å². The number of hydrogen-bond donors (Lipinski definition) is 2. The molecule has 5 heteroatoms. The molecule has 2 rings (SSSR count). The Morgan fingerprint density at radius 2 is 2.35 bits per heavy atom. The van der Waals surface area contributed by atoms with E-state index in [2.05, 4.69) is 5.32 Å². The van der Waals surface area contributed by atoms with E-state index in [4.69, 9.17) is 4.74 Å². The molecule has 4 nitrogen and oxygen atoms in total. The van der Waals surface area contributed by atoms with E-state index >= 15 is 0 Å². The average molecular weight is 297 g/mol. The lowest BCUT2D eigenvalue weighted by molar-refractivity contribution is -0.138. The topological polar surface area (TPSA) is 58.6 Å². The van der Waals surface area contributed by atoms with E-state index in [1.807, 2.05) is 17.5 Å². The minimum Gasteiger partial charge on any atom is -0.385 e. The molecule has 0 saturated heterocycles. The van der Waals surface area contributed by atoms with E-state index in [0.717, 1.165) is 30.6 Å². The molecule has 0 spiro atoms. The molecule has 1 heterocycles. The molecule has 1 atom stereocenters. The maximum Gasteiger partial charge on any atom is 0.226 e. The first-order valence-electron chi connectivity index (χ1n) is 7.04. The Labute approximate surface area is 124 Å². The second kappa shape index (κ2) is 6.24. The van der Waals surface area contributed by atoms with Crippen LogP contribution in [0.4, 0.5) is 0 Å². The summed E-state index contributed by atoms with van der Waals surface area (Å²) in [5.41, 5.74) is -1.28.